The molecule has 3 aromatic carbocycles. The summed E-state index contributed by atoms with van der Waals surface area (Å²) in [5, 5.41) is 4.81. The van der Waals surface area contributed by atoms with E-state index in [1.165, 1.54) is 0 Å². The van der Waals surface area contributed by atoms with Gasteiger partial charge in [-0.25, -0.2) is 22.0 Å². The SMILES string of the molecule is O=C(NCc1ccccc1)C(=Cc1c(F)c(F)c(F)c(F)c1F)C(=O)NCc1ccccc1. The van der Waals surface area contributed by atoms with E-state index < -0.39 is 52.0 Å². The number of hydrogen-bond donors (Lipinski definition) is 2. The maximum atomic E-state index is 14.2. The zero-order chi connectivity index (χ0) is 24.0. The van der Waals surface area contributed by atoms with E-state index in [1.807, 2.05) is 0 Å². The minimum absolute atomic E-state index is 0.0416. The molecule has 0 atom stereocenters. The summed E-state index contributed by atoms with van der Waals surface area (Å²) in [5.41, 5.74) is -0.909. The molecule has 2 amide bonds. The average Bonchev–Trinajstić information content (AvgIpc) is 2.84. The molecule has 0 heterocycles. The number of halogens is 5. The summed E-state index contributed by atoms with van der Waals surface area (Å²) in [6.45, 7) is -0.0832. The van der Waals surface area contributed by atoms with Crippen LogP contribution in [0.3, 0.4) is 0 Å². The average molecular weight is 460 g/mol. The smallest absolute Gasteiger partial charge is 0.257 e. The van der Waals surface area contributed by atoms with Crippen molar-refractivity contribution in [2.24, 2.45) is 0 Å². The molecule has 0 unspecified atom stereocenters. The molecule has 0 saturated heterocycles. The normalized spacial score (nSPS) is 10.5. The van der Waals surface area contributed by atoms with Crippen molar-refractivity contribution in [1.29, 1.82) is 0 Å². The van der Waals surface area contributed by atoms with E-state index in [2.05, 4.69) is 10.6 Å². The van der Waals surface area contributed by atoms with Gasteiger partial charge in [-0.1, -0.05) is 60.7 Å². The van der Waals surface area contributed by atoms with Crippen LogP contribution >= 0.6 is 0 Å². The molecule has 0 saturated carbocycles. The number of benzene rings is 3. The molecule has 0 radical (unpaired) electrons. The maximum absolute atomic E-state index is 14.2. The lowest BCUT2D eigenvalue weighted by molar-refractivity contribution is -0.123. The summed E-state index contributed by atoms with van der Waals surface area (Å²) in [6.07, 6.45) is 0.344. The summed E-state index contributed by atoms with van der Waals surface area (Å²) >= 11 is 0. The van der Waals surface area contributed by atoms with E-state index in [0.29, 0.717) is 17.2 Å². The number of hydrogen-bond acceptors (Lipinski definition) is 2. The third kappa shape index (κ3) is 5.62. The number of carbonyl (C=O) groups is 2. The fourth-order valence-corrected chi connectivity index (χ4v) is 2.87. The van der Waals surface area contributed by atoms with Crippen LogP contribution in [0.1, 0.15) is 16.7 Å². The number of nitrogens with one attached hydrogen (secondary N) is 2. The second-order valence-corrected chi connectivity index (χ2v) is 6.88. The van der Waals surface area contributed by atoms with Crippen LogP contribution in [0.25, 0.3) is 6.08 Å². The Hall–Kier alpha value is -4.01. The van der Waals surface area contributed by atoms with Gasteiger partial charge in [0.1, 0.15) is 5.57 Å². The molecule has 0 fully saturated rings. The van der Waals surface area contributed by atoms with Gasteiger partial charge in [0.05, 0.1) is 5.56 Å². The second kappa shape index (κ2) is 10.5. The quantitative estimate of drug-likeness (QED) is 0.137. The van der Waals surface area contributed by atoms with Gasteiger partial charge in [0.15, 0.2) is 23.3 Å². The van der Waals surface area contributed by atoms with Gasteiger partial charge in [0.2, 0.25) is 5.82 Å². The Morgan fingerprint density at radius 3 is 1.36 bits per heavy atom. The Kier molecular flexibility index (Phi) is 7.55. The topological polar surface area (TPSA) is 58.2 Å². The molecule has 170 valence electrons. The van der Waals surface area contributed by atoms with Crippen molar-refractivity contribution >= 4 is 17.9 Å². The summed E-state index contributed by atoms with van der Waals surface area (Å²) in [7, 11) is 0. The Bertz CT molecular complexity index is 1110. The van der Waals surface area contributed by atoms with Gasteiger partial charge in [0, 0.05) is 13.1 Å². The molecule has 9 heteroatoms. The van der Waals surface area contributed by atoms with Crippen molar-refractivity contribution in [3.63, 3.8) is 0 Å². The minimum Gasteiger partial charge on any atom is -0.348 e. The van der Waals surface area contributed by atoms with E-state index in [1.54, 1.807) is 60.7 Å². The number of rotatable bonds is 7. The standard InChI is InChI=1S/C24H17F5N2O2/c25-18-16(19(26)21(28)22(29)20(18)27)11-17(23(32)30-12-14-7-3-1-4-8-14)24(33)31-13-15-9-5-2-6-10-15/h1-11H,12-13H2,(H,30,32)(H,31,33). The third-order valence-electron chi connectivity index (χ3n) is 4.61. The van der Waals surface area contributed by atoms with E-state index >= 15 is 0 Å². The molecule has 0 aliphatic rings. The molecule has 3 rings (SSSR count). The van der Waals surface area contributed by atoms with Crippen molar-refractivity contribution in [3.05, 3.63) is 112 Å². The van der Waals surface area contributed by atoms with Gasteiger partial charge < -0.3 is 10.6 Å². The van der Waals surface area contributed by atoms with Gasteiger partial charge in [-0.05, 0) is 17.2 Å². The first-order chi connectivity index (χ1) is 15.8. The first-order valence-corrected chi connectivity index (χ1v) is 9.67. The highest BCUT2D eigenvalue weighted by molar-refractivity contribution is 6.21. The molecule has 4 nitrogen and oxygen atoms in total. The highest BCUT2D eigenvalue weighted by atomic mass is 19.2. The van der Waals surface area contributed by atoms with E-state index in [4.69, 9.17) is 0 Å². The van der Waals surface area contributed by atoms with Crippen LogP contribution in [-0.4, -0.2) is 11.8 Å². The molecule has 2 N–H and O–H groups in total. The van der Waals surface area contributed by atoms with Gasteiger partial charge in [-0.3, -0.25) is 9.59 Å². The van der Waals surface area contributed by atoms with Crippen molar-refractivity contribution in [2.45, 2.75) is 13.1 Å². The molecule has 0 aliphatic carbocycles. The minimum atomic E-state index is -2.34. The van der Waals surface area contributed by atoms with Gasteiger partial charge in [-0.15, -0.1) is 0 Å². The highest BCUT2D eigenvalue weighted by Crippen LogP contribution is 2.25. The first kappa shape index (κ1) is 23.6. The van der Waals surface area contributed by atoms with Crippen LogP contribution in [0.4, 0.5) is 22.0 Å². The molecule has 3 aromatic rings. The molecule has 0 aliphatic heterocycles. The molecular formula is C24H17F5N2O2. The van der Waals surface area contributed by atoms with Crippen LogP contribution < -0.4 is 10.6 Å². The maximum Gasteiger partial charge on any atom is 0.257 e. The Morgan fingerprint density at radius 1 is 0.606 bits per heavy atom. The molecule has 0 bridgehead atoms. The van der Waals surface area contributed by atoms with Crippen LogP contribution in [-0.2, 0) is 22.7 Å². The molecule has 0 aromatic heterocycles. The Morgan fingerprint density at radius 2 is 0.970 bits per heavy atom. The predicted molar refractivity (Wildman–Crippen MR) is 111 cm³/mol. The highest BCUT2D eigenvalue weighted by Gasteiger charge is 2.27. The summed E-state index contributed by atoms with van der Waals surface area (Å²) in [4.78, 5) is 25.4. The zero-order valence-corrected chi connectivity index (χ0v) is 17.0. The van der Waals surface area contributed by atoms with Crippen LogP contribution in [0, 0.1) is 29.1 Å². The van der Waals surface area contributed by atoms with Crippen molar-refractivity contribution in [3.8, 4) is 0 Å². The Labute approximate surface area is 185 Å². The lowest BCUT2D eigenvalue weighted by Crippen LogP contribution is -2.34. The lowest BCUT2D eigenvalue weighted by Gasteiger charge is -2.12. The molecule has 0 spiro atoms. The van der Waals surface area contributed by atoms with Gasteiger partial charge in [-0.2, -0.15) is 0 Å². The van der Waals surface area contributed by atoms with E-state index in [-0.39, 0.29) is 13.1 Å². The molecule has 33 heavy (non-hydrogen) atoms. The van der Waals surface area contributed by atoms with E-state index in [0.717, 1.165) is 0 Å². The van der Waals surface area contributed by atoms with Crippen molar-refractivity contribution in [2.75, 3.05) is 0 Å². The van der Waals surface area contributed by atoms with Gasteiger partial charge >= 0.3 is 0 Å². The van der Waals surface area contributed by atoms with Crippen LogP contribution in [0.2, 0.25) is 0 Å². The summed E-state index contributed by atoms with van der Waals surface area (Å²) < 4.78 is 68.9. The monoisotopic (exact) mass is 460 g/mol. The molecular weight excluding hydrogens is 443 g/mol. The third-order valence-corrected chi connectivity index (χ3v) is 4.61. The number of carbonyl (C=O) groups excluding carboxylic acids is 2. The predicted octanol–water partition coefficient (Wildman–Crippen LogP) is 4.40. The van der Waals surface area contributed by atoms with Gasteiger partial charge in [0.25, 0.3) is 11.8 Å². The lowest BCUT2D eigenvalue weighted by atomic mass is 10.1. The van der Waals surface area contributed by atoms with Crippen LogP contribution in [0.15, 0.2) is 66.2 Å². The van der Waals surface area contributed by atoms with Crippen molar-refractivity contribution in [1.82, 2.24) is 10.6 Å². The Balaban J connectivity index is 1.94. The summed E-state index contributed by atoms with van der Waals surface area (Å²) in [5.74, 6) is -13.2. The van der Waals surface area contributed by atoms with Crippen molar-refractivity contribution < 1.29 is 31.5 Å². The second-order valence-electron chi connectivity index (χ2n) is 6.88. The first-order valence-electron chi connectivity index (χ1n) is 9.67. The summed E-state index contributed by atoms with van der Waals surface area (Å²) in [6, 6.07) is 17.1. The van der Waals surface area contributed by atoms with E-state index in [9.17, 15) is 31.5 Å². The fraction of sp³-hybridized carbons (Fsp3) is 0.0833. The fourth-order valence-electron chi connectivity index (χ4n) is 2.87. The largest absolute Gasteiger partial charge is 0.348 e. The van der Waals surface area contributed by atoms with Crippen LogP contribution in [0.5, 0.6) is 0 Å². The number of amides is 2. The zero-order valence-electron chi connectivity index (χ0n) is 17.0.